The van der Waals surface area contributed by atoms with Gasteiger partial charge in [-0.25, -0.2) is 4.98 Å². The summed E-state index contributed by atoms with van der Waals surface area (Å²) < 4.78 is 47.4. The number of imidazole rings is 1. The molecule has 4 heterocycles. The minimum absolute atomic E-state index is 0.0197. The van der Waals surface area contributed by atoms with Crippen LogP contribution in [-0.4, -0.2) is 62.3 Å². The SMILES string of the molecule is Cc1nc2c(N3C[C@@H](C)N(C(c4ccc(C(F)(F)F)cc4)C(C)C)C[C@@H]3C)nc(Cl)nc2n1CC1CCCO1. The van der Waals surface area contributed by atoms with E-state index in [1.807, 2.05) is 6.92 Å². The maximum Gasteiger partial charge on any atom is 0.416 e. The van der Waals surface area contributed by atoms with Crippen molar-refractivity contribution in [3.63, 3.8) is 0 Å². The van der Waals surface area contributed by atoms with E-state index in [9.17, 15) is 13.2 Å². The van der Waals surface area contributed by atoms with Gasteiger partial charge in [0.05, 0.1) is 18.2 Å². The van der Waals surface area contributed by atoms with Crippen LogP contribution in [0.1, 0.15) is 63.5 Å². The number of halogens is 4. The van der Waals surface area contributed by atoms with Gasteiger partial charge >= 0.3 is 6.18 Å². The Balaban J connectivity index is 1.43. The Hall–Kier alpha value is -2.43. The van der Waals surface area contributed by atoms with E-state index in [-0.39, 0.29) is 35.4 Å². The van der Waals surface area contributed by atoms with Crippen LogP contribution >= 0.6 is 11.6 Å². The van der Waals surface area contributed by atoms with Gasteiger partial charge < -0.3 is 14.2 Å². The second-order valence-electron chi connectivity index (χ2n) is 11.2. The fraction of sp³-hybridized carbons (Fsp3) is 0.607. The maximum absolute atomic E-state index is 13.2. The first kappa shape index (κ1) is 28.1. The largest absolute Gasteiger partial charge is 0.416 e. The average Bonchev–Trinajstić information content (AvgIpc) is 3.49. The lowest BCUT2D eigenvalue weighted by Crippen LogP contribution is -2.58. The highest BCUT2D eigenvalue weighted by Crippen LogP contribution is 2.37. The highest BCUT2D eigenvalue weighted by atomic mass is 35.5. The standard InChI is InChI=1S/C28H36ClF3N6O/c1-16(2)24(20-8-10-21(11-9-20)28(30,31)32)36-13-18(4)37(14-17(36)3)25-23-26(35-27(29)34-25)38(19(5)33-23)15-22-7-6-12-39-22/h8-11,16-18,22,24H,6-7,12-15H2,1-5H3/t17-,18+,22?,24?/m1/s1. The molecule has 11 heteroatoms. The molecular formula is C28H36ClF3N6O. The first-order valence-corrected chi connectivity index (χ1v) is 14.0. The van der Waals surface area contributed by atoms with Gasteiger partial charge in [-0.15, -0.1) is 0 Å². The number of aryl methyl sites for hydroxylation is 1. The summed E-state index contributed by atoms with van der Waals surface area (Å²) in [4.78, 5) is 18.7. The highest BCUT2D eigenvalue weighted by molar-refractivity contribution is 6.28. The molecule has 7 nitrogen and oxygen atoms in total. The van der Waals surface area contributed by atoms with Gasteiger partial charge in [-0.05, 0) is 68.8 Å². The first-order chi connectivity index (χ1) is 18.4. The molecule has 0 bridgehead atoms. The Morgan fingerprint density at radius 1 is 1.05 bits per heavy atom. The quantitative estimate of drug-likeness (QED) is 0.328. The summed E-state index contributed by atoms with van der Waals surface area (Å²) in [6, 6.07) is 5.76. The molecule has 1 aromatic carbocycles. The summed E-state index contributed by atoms with van der Waals surface area (Å²) in [6.45, 7) is 13.3. The van der Waals surface area contributed by atoms with E-state index in [1.165, 1.54) is 12.1 Å². The summed E-state index contributed by atoms with van der Waals surface area (Å²) in [5, 5.41) is 0.179. The van der Waals surface area contributed by atoms with E-state index in [2.05, 4.69) is 52.0 Å². The number of hydrogen-bond donors (Lipinski definition) is 0. The molecule has 2 aromatic heterocycles. The summed E-state index contributed by atoms with van der Waals surface area (Å²) in [5.74, 6) is 1.77. The van der Waals surface area contributed by atoms with E-state index in [4.69, 9.17) is 21.3 Å². The van der Waals surface area contributed by atoms with Gasteiger partial charge in [-0.3, -0.25) is 4.90 Å². The molecule has 0 saturated carbocycles. The van der Waals surface area contributed by atoms with Gasteiger partial charge in [0.1, 0.15) is 5.82 Å². The predicted octanol–water partition coefficient (Wildman–Crippen LogP) is 6.28. The van der Waals surface area contributed by atoms with Crippen LogP contribution in [0.5, 0.6) is 0 Å². The van der Waals surface area contributed by atoms with Crippen LogP contribution in [0.25, 0.3) is 11.2 Å². The van der Waals surface area contributed by atoms with Crippen molar-refractivity contribution in [1.82, 2.24) is 24.4 Å². The molecule has 0 spiro atoms. The molecule has 212 valence electrons. The minimum Gasteiger partial charge on any atom is -0.376 e. The van der Waals surface area contributed by atoms with Gasteiger partial charge in [0.15, 0.2) is 17.0 Å². The number of ether oxygens (including phenoxy) is 1. The molecule has 0 amide bonds. The normalized spacial score (nSPS) is 23.7. The molecule has 5 rings (SSSR count). The van der Waals surface area contributed by atoms with Crippen molar-refractivity contribution >= 4 is 28.6 Å². The molecule has 0 radical (unpaired) electrons. The summed E-state index contributed by atoms with van der Waals surface area (Å²) in [5.41, 5.74) is 1.70. The van der Waals surface area contributed by atoms with Crippen LogP contribution < -0.4 is 4.90 Å². The van der Waals surface area contributed by atoms with E-state index < -0.39 is 11.7 Å². The monoisotopic (exact) mass is 564 g/mol. The molecule has 2 saturated heterocycles. The molecular weight excluding hydrogens is 529 g/mol. The van der Waals surface area contributed by atoms with Crippen LogP contribution in [0.3, 0.4) is 0 Å². The molecule has 3 aromatic rings. The van der Waals surface area contributed by atoms with Gasteiger partial charge in [-0.1, -0.05) is 26.0 Å². The van der Waals surface area contributed by atoms with Crippen LogP contribution in [0, 0.1) is 12.8 Å². The Labute approximate surface area is 232 Å². The third kappa shape index (κ3) is 5.60. The number of aromatic nitrogens is 4. The van der Waals surface area contributed by atoms with Gasteiger partial charge in [0.2, 0.25) is 5.28 Å². The number of anilines is 1. The van der Waals surface area contributed by atoms with Gasteiger partial charge in [0, 0.05) is 37.8 Å². The van der Waals surface area contributed by atoms with Crippen molar-refractivity contribution < 1.29 is 17.9 Å². The number of fused-ring (bicyclic) bond motifs is 1. The molecule has 2 aliphatic heterocycles. The van der Waals surface area contributed by atoms with E-state index in [0.717, 1.165) is 36.4 Å². The van der Waals surface area contributed by atoms with Crippen LogP contribution in [-0.2, 0) is 17.5 Å². The van der Waals surface area contributed by atoms with E-state index >= 15 is 0 Å². The van der Waals surface area contributed by atoms with Crippen LogP contribution in [0.15, 0.2) is 24.3 Å². The zero-order valence-corrected chi connectivity index (χ0v) is 23.8. The number of alkyl halides is 3. The zero-order valence-electron chi connectivity index (χ0n) is 23.0. The lowest BCUT2D eigenvalue weighted by Gasteiger charge is -2.49. The lowest BCUT2D eigenvalue weighted by molar-refractivity contribution is -0.137. The van der Waals surface area contributed by atoms with Crippen molar-refractivity contribution in [1.29, 1.82) is 0 Å². The predicted molar refractivity (Wildman–Crippen MR) is 146 cm³/mol. The van der Waals surface area contributed by atoms with Gasteiger partial charge in [-0.2, -0.15) is 23.1 Å². The van der Waals surface area contributed by atoms with E-state index in [1.54, 1.807) is 12.1 Å². The lowest BCUT2D eigenvalue weighted by atomic mass is 9.90. The summed E-state index contributed by atoms with van der Waals surface area (Å²) >= 11 is 6.46. The first-order valence-electron chi connectivity index (χ1n) is 13.7. The third-order valence-electron chi connectivity index (χ3n) is 8.02. The van der Waals surface area contributed by atoms with Crippen molar-refractivity contribution in [2.45, 2.75) is 84.4 Å². The Morgan fingerprint density at radius 3 is 2.38 bits per heavy atom. The maximum atomic E-state index is 13.2. The second kappa shape index (κ2) is 10.9. The van der Waals surface area contributed by atoms with Crippen molar-refractivity contribution in [3.8, 4) is 0 Å². The average molecular weight is 565 g/mol. The molecule has 0 aliphatic carbocycles. The number of rotatable bonds is 6. The molecule has 2 fully saturated rings. The third-order valence-corrected chi connectivity index (χ3v) is 8.19. The van der Waals surface area contributed by atoms with Crippen molar-refractivity contribution in [2.24, 2.45) is 5.92 Å². The molecule has 2 aliphatic rings. The van der Waals surface area contributed by atoms with Crippen molar-refractivity contribution in [3.05, 3.63) is 46.5 Å². The summed E-state index contributed by atoms with van der Waals surface area (Å²) in [7, 11) is 0. The van der Waals surface area contributed by atoms with Crippen LogP contribution in [0.2, 0.25) is 5.28 Å². The van der Waals surface area contributed by atoms with E-state index in [0.29, 0.717) is 31.1 Å². The summed E-state index contributed by atoms with van der Waals surface area (Å²) in [6.07, 6.45) is -2.14. The smallest absolute Gasteiger partial charge is 0.376 e. The fourth-order valence-corrected chi connectivity index (χ4v) is 6.30. The molecule has 2 unspecified atom stereocenters. The fourth-order valence-electron chi connectivity index (χ4n) is 6.14. The zero-order chi connectivity index (χ0) is 28.1. The second-order valence-corrected chi connectivity index (χ2v) is 11.6. The van der Waals surface area contributed by atoms with Gasteiger partial charge in [0.25, 0.3) is 0 Å². The Bertz CT molecular complexity index is 1310. The highest BCUT2D eigenvalue weighted by Gasteiger charge is 2.38. The number of piperazine rings is 1. The molecule has 39 heavy (non-hydrogen) atoms. The number of hydrogen-bond acceptors (Lipinski definition) is 6. The topological polar surface area (TPSA) is 59.3 Å². The molecule has 4 atom stereocenters. The molecule has 0 N–H and O–H groups in total. The van der Waals surface area contributed by atoms with Crippen LogP contribution in [0.4, 0.5) is 19.0 Å². The minimum atomic E-state index is -4.35. The van der Waals surface area contributed by atoms with Crippen molar-refractivity contribution in [2.75, 3.05) is 24.6 Å². The Morgan fingerprint density at radius 2 is 1.77 bits per heavy atom. The Kier molecular flexibility index (Phi) is 7.83. The number of nitrogens with zero attached hydrogens (tertiary/aromatic N) is 6. The number of benzene rings is 1.